The molecule has 1 saturated heterocycles. The number of amides is 1. The number of ether oxygens (including phenoxy) is 2. The summed E-state index contributed by atoms with van der Waals surface area (Å²) in [6.45, 7) is 2.16. The number of H-pyrrole nitrogens is 1. The minimum Gasteiger partial charge on any atom is -0.481 e. The molecule has 0 saturated carbocycles. The molecule has 2 N–H and O–H groups in total. The molecule has 35 heavy (non-hydrogen) atoms. The van der Waals surface area contributed by atoms with Crippen LogP contribution in [0.2, 0.25) is 0 Å². The fourth-order valence-electron chi connectivity index (χ4n) is 4.42. The average Bonchev–Trinajstić information content (AvgIpc) is 3.34. The Labute approximate surface area is 203 Å². The van der Waals surface area contributed by atoms with Gasteiger partial charge in [-0.15, -0.1) is 0 Å². The average molecular weight is 467 g/mol. The monoisotopic (exact) mass is 466 g/mol. The number of carbonyl (C=O) groups excluding carboxylic acids is 1. The first-order chi connectivity index (χ1) is 17.1. The first-order valence-electron chi connectivity index (χ1n) is 11.7. The number of rotatable bonds is 6. The summed E-state index contributed by atoms with van der Waals surface area (Å²) in [5.41, 5.74) is 4.32. The van der Waals surface area contributed by atoms with Crippen molar-refractivity contribution in [3.05, 3.63) is 78.4 Å². The molecule has 4 aromatic rings. The maximum Gasteiger partial charge on any atom is 0.265 e. The lowest BCUT2D eigenvalue weighted by atomic mass is 9.92. The van der Waals surface area contributed by atoms with Crippen molar-refractivity contribution in [3.8, 4) is 23.1 Å². The van der Waals surface area contributed by atoms with E-state index in [1.807, 2.05) is 66.7 Å². The van der Waals surface area contributed by atoms with E-state index < -0.39 is 6.10 Å². The molecule has 0 spiro atoms. The van der Waals surface area contributed by atoms with Gasteiger partial charge in [0.25, 0.3) is 5.91 Å². The van der Waals surface area contributed by atoms with E-state index in [-0.39, 0.29) is 17.9 Å². The van der Waals surface area contributed by atoms with Gasteiger partial charge in [0.05, 0.1) is 30.2 Å². The van der Waals surface area contributed by atoms with Crippen molar-refractivity contribution in [1.29, 1.82) is 5.26 Å². The predicted octanol–water partition coefficient (Wildman–Crippen LogP) is 5.63. The molecule has 7 nitrogen and oxygen atoms in total. The SMILES string of the molecule is CC(Oc1ccccc1)C(=O)Nc1cccc(-c2n[nH]c3cccc(C4CCC(C#N)CO4)c23)c1. The van der Waals surface area contributed by atoms with E-state index in [0.29, 0.717) is 18.0 Å². The van der Waals surface area contributed by atoms with Crippen LogP contribution >= 0.6 is 0 Å². The van der Waals surface area contributed by atoms with Crippen molar-refractivity contribution in [3.63, 3.8) is 0 Å². The van der Waals surface area contributed by atoms with Gasteiger partial charge in [-0.1, -0.05) is 42.5 Å². The second-order valence-corrected chi connectivity index (χ2v) is 8.71. The number of aromatic amines is 1. The lowest BCUT2D eigenvalue weighted by molar-refractivity contribution is -0.122. The molecule has 3 aromatic carbocycles. The number of hydrogen-bond acceptors (Lipinski definition) is 5. The van der Waals surface area contributed by atoms with Gasteiger partial charge in [-0.25, -0.2) is 0 Å². The molecule has 0 aliphatic carbocycles. The van der Waals surface area contributed by atoms with Crippen molar-refractivity contribution in [2.24, 2.45) is 5.92 Å². The van der Waals surface area contributed by atoms with Gasteiger partial charge in [0.1, 0.15) is 11.4 Å². The smallest absolute Gasteiger partial charge is 0.265 e. The molecule has 5 rings (SSSR count). The molecule has 1 aliphatic heterocycles. The summed E-state index contributed by atoms with van der Waals surface area (Å²) in [6, 6.07) is 25.2. The number of anilines is 1. The highest BCUT2D eigenvalue weighted by Gasteiger charge is 2.26. The largest absolute Gasteiger partial charge is 0.481 e. The van der Waals surface area contributed by atoms with Crippen LogP contribution in [0.4, 0.5) is 5.69 Å². The van der Waals surface area contributed by atoms with Crippen molar-refractivity contribution in [2.75, 3.05) is 11.9 Å². The van der Waals surface area contributed by atoms with Gasteiger partial charge in [-0.3, -0.25) is 9.89 Å². The summed E-state index contributed by atoms with van der Waals surface area (Å²) >= 11 is 0. The van der Waals surface area contributed by atoms with E-state index in [4.69, 9.17) is 9.47 Å². The highest BCUT2D eigenvalue weighted by molar-refractivity contribution is 5.98. The van der Waals surface area contributed by atoms with Gasteiger partial charge < -0.3 is 14.8 Å². The summed E-state index contributed by atoms with van der Waals surface area (Å²) < 4.78 is 11.8. The second-order valence-electron chi connectivity index (χ2n) is 8.71. The van der Waals surface area contributed by atoms with Gasteiger partial charge >= 0.3 is 0 Å². The maximum atomic E-state index is 12.7. The number of aromatic nitrogens is 2. The van der Waals surface area contributed by atoms with Crippen LogP contribution in [0.15, 0.2) is 72.8 Å². The van der Waals surface area contributed by atoms with Crippen molar-refractivity contribution < 1.29 is 14.3 Å². The van der Waals surface area contributed by atoms with Gasteiger partial charge in [0, 0.05) is 16.6 Å². The van der Waals surface area contributed by atoms with Gasteiger partial charge in [-0.2, -0.15) is 10.4 Å². The lowest BCUT2D eigenvalue weighted by Gasteiger charge is -2.26. The molecule has 1 aliphatic rings. The van der Waals surface area contributed by atoms with Crippen LogP contribution in [0.5, 0.6) is 5.75 Å². The van der Waals surface area contributed by atoms with Crippen LogP contribution < -0.4 is 10.1 Å². The Bertz CT molecular complexity index is 1370. The molecule has 7 heteroatoms. The van der Waals surface area contributed by atoms with Crippen LogP contribution in [0, 0.1) is 17.2 Å². The number of nitrogens with one attached hydrogen (secondary N) is 2. The highest BCUT2D eigenvalue weighted by Crippen LogP contribution is 2.38. The highest BCUT2D eigenvalue weighted by atomic mass is 16.5. The number of fused-ring (bicyclic) bond motifs is 1. The van der Waals surface area contributed by atoms with E-state index in [1.54, 1.807) is 6.92 Å². The van der Waals surface area contributed by atoms with Crippen LogP contribution in [0.1, 0.15) is 31.4 Å². The number of para-hydroxylation sites is 1. The van der Waals surface area contributed by atoms with Crippen LogP contribution in [-0.4, -0.2) is 28.8 Å². The van der Waals surface area contributed by atoms with Crippen molar-refractivity contribution in [2.45, 2.75) is 32.0 Å². The Kier molecular flexibility index (Phi) is 6.47. The summed E-state index contributed by atoms with van der Waals surface area (Å²) in [6.07, 6.45) is 0.866. The Morgan fingerprint density at radius 1 is 1.14 bits per heavy atom. The Morgan fingerprint density at radius 3 is 2.74 bits per heavy atom. The minimum atomic E-state index is -0.653. The van der Waals surface area contributed by atoms with Crippen LogP contribution in [-0.2, 0) is 9.53 Å². The number of carbonyl (C=O) groups is 1. The predicted molar refractivity (Wildman–Crippen MR) is 134 cm³/mol. The van der Waals surface area contributed by atoms with E-state index in [9.17, 15) is 10.1 Å². The van der Waals surface area contributed by atoms with E-state index in [1.165, 1.54) is 0 Å². The molecule has 1 amide bonds. The van der Waals surface area contributed by atoms with Gasteiger partial charge in [-0.05, 0) is 55.7 Å². The molecular weight excluding hydrogens is 440 g/mol. The fourth-order valence-corrected chi connectivity index (χ4v) is 4.42. The standard InChI is InChI=1S/C28H26N4O3/c1-18(35-22-9-3-2-4-10-22)28(33)30-21-8-5-7-20(15-21)27-26-23(11-6-12-24(26)31-32-27)25-14-13-19(16-29)17-34-25/h2-12,15,18-19,25H,13-14,17H2,1H3,(H,30,33)(H,31,32). The molecule has 0 radical (unpaired) electrons. The lowest BCUT2D eigenvalue weighted by Crippen LogP contribution is -2.30. The molecular formula is C28H26N4O3. The van der Waals surface area contributed by atoms with Crippen molar-refractivity contribution >= 4 is 22.5 Å². The van der Waals surface area contributed by atoms with Gasteiger partial charge in [0.2, 0.25) is 0 Å². The molecule has 0 bridgehead atoms. The molecule has 3 atom stereocenters. The van der Waals surface area contributed by atoms with E-state index in [0.717, 1.165) is 40.6 Å². The Hall–Kier alpha value is -4.15. The normalized spacial score (nSPS) is 18.5. The Morgan fingerprint density at radius 2 is 1.97 bits per heavy atom. The van der Waals surface area contributed by atoms with E-state index in [2.05, 4.69) is 27.6 Å². The van der Waals surface area contributed by atoms with Crippen molar-refractivity contribution in [1.82, 2.24) is 10.2 Å². The van der Waals surface area contributed by atoms with Crippen LogP contribution in [0.3, 0.4) is 0 Å². The fraction of sp³-hybridized carbons (Fsp3) is 0.250. The first kappa shape index (κ1) is 22.6. The summed E-state index contributed by atoms with van der Waals surface area (Å²) in [4.78, 5) is 12.7. The molecule has 1 aromatic heterocycles. The minimum absolute atomic E-state index is 0.0529. The summed E-state index contributed by atoms with van der Waals surface area (Å²) in [5.74, 6) is 0.356. The number of nitrogens with zero attached hydrogens (tertiary/aromatic N) is 2. The molecule has 2 heterocycles. The zero-order valence-electron chi connectivity index (χ0n) is 19.4. The molecule has 3 unspecified atom stereocenters. The number of benzene rings is 3. The summed E-state index contributed by atoms with van der Waals surface area (Å²) in [5, 5.41) is 20.9. The second kappa shape index (κ2) is 10.00. The third-order valence-corrected chi connectivity index (χ3v) is 6.26. The van der Waals surface area contributed by atoms with E-state index >= 15 is 0 Å². The topological polar surface area (TPSA) is 100 Å². The molecule has 176 valence electrons. The first-order valence-corrected chi connectivity index (χ1v) is 11.7. The zero-order chi connectivity index (χ0) is 24.2. The quantitative estimate of drug-likeness (QED) is 0.384. The Balaban J connectivity index is 1.38. The molecule has 1 fully saturated rings. The third-order valence-electron chi connectivity index (χ3n) is 6.26. The summed E-state index contributed by atoms with van der Waals surface area (Å²) in [7, 11) is 0. The van der Waals surface area contributed by atoms with Gasteiger partial charge in [0.15, 0.2) is 6.10 Å². The van der Waals surface area contributed by atoms with Crippen LogP contribution in [0.25, 0.3) is 22.2 Å². The zero-order valence-corrected chi connectivity index (χ0v) is 19.4. The number of nitriles is 1. The number of hydrogen-bond donors (Lipinski definition) is 2. The third kappa shape index (κ3) is 4.88. The maximum absolute atomic E-state index is 12.7.